The van der Waals surface area contributed by atoms with Crippen molar-refractivity contribution in [2.24, 2.45) is 0 Å². The second kappa shape index (κ2) is 4.28. The number of hydrogen-bond donors (Lipinski definition) is 0. The third-order valence-corrected chi connectivity index (χ3v) is 2.99. The molecule has 1 aromatic rings. The molecular formula is C9H10ClFO2S. The second-order valence-corrected chi connectivity index (χ2v) is 4.92. The van der Waals surface area contributed by atoms with Gasteiger partial charge < -0.3 is 0 Å². The number of hydrogen-bond acceptors (Lipinski definition) is 2. The van der Waals surface area contributed by atoms with Gasteiger partial charge in [-0.3, -0.25) is 0 Å². The molecule has 0 N–H and O–H groups in total. The molecule has 0 heterocycles. The minimum absolute atomic E-state index is 0.115. The molecule has 78 valence electrons. The summed E-state index contributed by atoms with van der Waals surface area (Å²) < 4.78 is 32.9. The van der Waals surface area contributed by atoms with Gasteiger partial charge in [-0.25, -0.2) is 0 Å². The summed E-state index contributed by atoms with van der Waals surface area (Å²) >= 11 is 5.84. The van der Waals surface area contributed by atoms with Gasteiger partial charge in [0.05, 0.1) is 5.75 Å². The normalized spacial score (nSPS) is 11.6. The van der Waals surface area contributed by atoms with Crippen LogP contribution in [0.5, 0.6) is 0 Å². The van der Waals surface area contributed by atoms with E-state index < -0.39 is 16.0 Å². The van der Waals surface area contributed by atoms with Crippen molar-refractivity contribution in [3.05, 3.63) is 34.3 Å². The molecule has 0 radical (unpaired) electrons. The summed E-state index contributed by atoms with van der Waals surface area (Å²) in [5, 5.41) is 0.480. The third-order valence-electron chi connectivity index (χ3n) is 1.95. The van der Waals surface area contributed by atoms with E-state index in [1.54, 1.807) is 12.1 Å². The molecule has 1 aromatic carbocycles. The fraction of sp³-hybridized carbons (Fsp3) is 0.333. The molecule has 2 nitrogen and oxygen atoms in total. The molecule has 0 bridgehead atoms. The van der Waals surface area contributed by atoms with E-state index >= 15 is 0 Å². The summed E-state index contributed by atoms with van der Waals surface area (Å²) in [6, 6.07) is 5.24. The van der Waals surface area contributed by atoms with Crippen molar-refractivity contribution in [1.82, 2.24) is 0 Å². The van der Waals surface area contributed by atoms with E-state index in [1.807, 2.05) is 13.0 Å². The van der Waals surface area contributed by atoms with Gasteiger partial charge in [0.25, 0.3) is 0 Å². The van der Waals surface area contributed by atoms with Gasteiger partial charge in [-0.05, 0) is 30.5 Å². The first-order valence-electron chi connectivity index (χ1n) is 4.06. The summed E-state index contributed by atoms with van der Waals surface area (Å²) in [5.41, 5.74) is 1.57. The van der Waals surface area contributed by atoms with Crippen molar-refractivity contribution in [3.63, 3.8) is 0 Å². The average molecular weight is 237 g/mol. The predicted octanol–water partition coefficient (Wildman–Crippen LogP) is 2.49. The van der Waals surface area contributed by atoms with E-state index in [-0.39, 0.29) is 6.42 Å². The molecule has 0 amide bonds. The van der Waals surface area contributed by atoms with E-state index in [0.29, 0.717) is 10.6 Å². The molecule has 5 heteroatoms. The van der Waals surface area contributed by atoms with Crippen LogP contribution < -0.4 is 0 Å². The van der Waals surface area contributed by atoms with Gasteiger partial charge in [-0.15, -0.1) is 3.89 Å². The molecule has 14 heavy (non-hydrogen) atoms. The van der Waals surface area contributed by atoms with Gasteiger partial charge in [-0.1, -0.05) is 23.7 Å². The van der Waals surface area contributed by atoms with Crippen LogP contribution in [0.4, 0.5) is 3.89 Å². The van der Waals surface area contributed by atoms with Crippen LogP contribution in [-0.2, 0) is 16.6 Å². The number of benzene rings is 1. The minimum atomic E-state index is -4.41. The molecule has 0 aliphatic carbocycles. The molecule has 0 saturated heterocycles. The standard InChI is InChI=1S/C9H10ClFO2S/c1-7-3-2-4-9(10)8(7)5-6-14(11,12)13/h2-4H,5-6H2,1H3. The molecule has 0 saturated carbocycles. The lowest BCUT2D eigenvalue weighted by molar-refractivity contribution is 0.551. The Morgan fingerprint density at radius 2 is 2.07 bits per heavy atom. The monoisotopic (exact) mass is 236 g/mol. The van der Waals surface area contributed by atoms with Crippen molar-refractivity contribution in [2.45, 2.75) is 13.3 Å². The van der Waals surface area contributed by atoms with Crippen molar-refractivity contribution in [3.8, 4) is 0 Å². The Morgan fingerprint density at radius 1 is 1.43 bits per heavy atom. The Kier molecular flexibility index (Phi) is 3.50. The van der Waals surface area contributed by atoms with Crippen LogP contribution in [0.15, 0.2) is 18.2 Å². The molecule has 0 aliphatic heterocycles. The quantitative estimate of drug-likeness (QED) is 0.756. The van der Waals surface area contributed by atoms with Gasteiger partial charge in [0.1, 0.15) is 0 Å². The van der Waals surface area contributed by atoms with Crippen LogP contribution in [0.2, 0.25) is 5.02 Å². The third kappa shape index (κ3) is 3.27. The van der Waals surface area contributed by atoms with Crippen molar-refractivity contribution in [1.29, 1.82) is 0 Å². The van der Waals surface area contributed by atoms with E-state index in [9.17, 15) is 12.3 Å². The second-order valence-electron chi connectivity index (χ2n) is 3.03. The Bertz CT molecular complexity index is 408. The van der Waals surface area contributed by atoms with Gasteiger partial charge in [0.2, 0.25) is 0 Å². The van der Waals surface area contributed by atoms with E-state index in [2.05, 4.69) is 0 Å². The molecule has 0 aliphatic rings. The lowest BCUT2D eigenvalue weighted by Gasteiger charge is -2.05. The van der Waals surface area contributed by atoms with Crippen molar-refractivity contribution >= 4 is 21.8 Å². The molecule has 0 fully saturated rings. The van der Waals surface area contributed by atoms with Gasteiger partial charge >= 0.3 is 10.2 Å². The first-order chi connectivity index (χ1) is 6.40. The molecule has 0 unspecified atom stereocenters. The molecular weight excluding hydrogens is 227 g/mol. The zero-order valence-corrected chi connectivity index (χ0v) is 9.20. The van der Waals surface area contributed by atoms with Crippen LogP contribution in [0.3, 0.4) is 0 Å². The SMILES string of the molecule is Cc1cccc(Cl)c1CCS(=O)(=O)F. The lowest BCUT2D eigenvalue weighted by atomic mass is 10.1. The zero-order chi connectivity index (χ0) is 10.8. The Morgan fingerprint density at radius 3 is 2.57 bits per heavy atom. The molecule has 0 aromatic heterocycles. The highest BCUT2D eigenvalue weighted by molar-refractivity contribution is 7.86. The fourth-order valence-electron chi connectivity index (χ4n) is 1.21. The Labute approximate surface area is 87.9 Å². The molecule has 1 rings (SSSR count). The predicted molar refractivity (Wildman–Crippen MR) is 54.8 cm³/mol. The van der Waals surface area contributed by atoms with Crippen LogP contribution >= 0.6 is 11.6 Å². The summed E-state index contributed by atoms with van der Waals surface area (Å²) in [7, 11) is -4.41. The Balaban J connectivity index is 2.87. The topological polar surface area (TPSA) is 34.1 Å². The van der Waals surface area contributed by atoms with E-state index in [4.69, 9.17) is 11.6 Å². The highest BCUT2D eigenvalue weighted by atomic mass is 35.5. The van der Waals surface area contributed by atoms with Crippen LogP contribution in [-0.4, -0.2) is 14.2 Å². The highest BCUT2D eigenvalue weighted by Gasteiger charge is 2.10. The first-order valence-corrected chi connectivity index (χ1v) is 5.99. The van der Waals surface area contributed by atoms with Crippen molar-refractivity contribution in [2.75, 3.05) is 5.75 Å². The first kappa shape index (κ1) is 11.5. The number of aryl methyl sites for hydroxylation is 1. The summed E-state index contributed by atoms with van der Waals surface area (Å²) in [4.78, 5) is 0. The maximum Gasteiger partial charge on any atom is 0.302 e. The van der Waals surface area contributed by atoms with Crippen LogP contribution in [0.25, 0.3) is 0 Å². The van der Waals surface area contributed by atoms with Gasteiger partial charge in [0, 0.05) is 5.02 Å². The smallest absolute Gasteiger partial charge is 0.195 e. The molecule has 0 atom stereocenters. The Hall–Kier alpha value is -0.610. The average Bonchev–Trinajstić information content (AvgIpc) is 2.01. The number of halogens is 2. The van der Waals surface area contributed by atoms with Gasteiger partial charge in [-0.2, -0.15) is 8.42 Å². The summed E-state index contributed by atoms with van der Waals surface area (Å²) in [6.07, 6.45) is 0.115. The zero-order valence-electron chi connectivity index (χ0n) is 7.63. The molecule has 0 spiro atoms. The summed E-state index contributed by atoms with van der Waals surface area (Å²) in [5.74, 6) is -0.516. The lowest BCUT2D eigenvalue weighted by Crippen LogP contribution is -2.03. The van der Waals surface area contributed by atoms with Crippen LogP contribution in [0, 0.1) is 6.92 Å². The highest BCUT2D eigenvalue weighted by Crippen LogP contribution is 2.20. The number of rotatable bonds is 3. The largest absolute Gasteiger partial charge is 0.302 e. The van der Waals surface area contributed by atoms with Crippen LogP contribution in [0.1, 0.15) is 11.1 Å². The van der Waals surface area contributed by atoms with E-state index in [0.717, 1.165) is 5.56 Å². The van der Waals surface area contributed by atoms with Gasteiger partial charge in [0.15, 0.2) is 0 Å². The van der Waals surface area contributed by atoms with E-state index in [1.165, 1.54) is 0 Å². The summed E-state index contributed by atoms with van der Waals surface area (Å²) in [6.45, 7) is 1.81. The minimum Gasteiger partial charge on any atom is -0.195 e. The maximum absolute atomic E-state index is 12.3. The maximum atomic E-state index is 12.3. The van der Waals surface area contributed by atoms with Crippen molar-refractivity contribution < 1.29 is 12.3 Å². The fourth-order valence-corrected chi connectivity index (χ4v) is 1.97.